The normalized spacial score (nSPS) is 37.4. The zero-order valence-corrected chi connectivity index (χ0v) is 9.29. The van der Waals surface area contributed by atoms with Gasteiger partial charge in [0.05, 0.1) is 13.2 Å². The van der Waals surface area contributed by atoms with Crippen LogP contribution in [0.2, 0.25) is 0 Å². The minimum atomic E-state index is -0.757. The van der Waals surface area contributed by atoms with Crippen LogP contribution in [0.5, 0.6) is 0 Å². The third kappa shape index (κ3) is 1.27. The molecule has 1 unspecified atom stereocenters. The first kappa shape index (κ1) is 10.1. The standard InChI is InChI=1S/C11H16N2O3/c1-12-9(14)11(2-3-11)10(15)13-8-6-4-16-5-7(6)8/h6-8H,2-5H2,1H3,(H,12,14)(H,13,15)/t6-,7+,8?. The summed E-state index contributed by atoms with van der Waals surface area (Å²) >= 11 is 0. The molecule has 16 heavy (non-hydrogen) atoms. The molecule has 0 bridgehead atoms. The smallest absolute Gasteiger partial charge is 0.235 e. The van der Waals surface area contributed by atoms with Gasteiger partial charge in [0, 0.05) is 24.9 Å². The molecule has 2 N–H and O–H groups in total. The molecule has 1 heterocycles. The monoisotopic (exact) mass is 224 g/mol. The third-order valence-electron chi connectivity index (χ3n) is 4.10. The molecule has 5 nitrogen and oxygen atoms in total. The number of ether oxygens (including phenoxy) is 1. The molecule has 0 aromatic rings. The van der Waals surface area contributed by atoms with E-state index < -0.39 is 5.41 Å². The molecule has 0 spiro atoms. The van der Waals surface area contributed by atoms with Crippen LogP contribution in [0.25, 0.3) is 0 Å². The van der Waals surface area contributed by atoms with Crippen molar-refractivity contribution in [3.63, 3.8) is 0 Å². The fraction of sp³-hybridized carbons (Fsp3) is 0.818. The van der Waals surface area contributed by atoms with Crippen LogP contribution >= 0.6 is 0 Å². The van der Waals surface area contributed by atoms with E-state index in [-0.39, 0.29) is 17.9 Å². The summed E-state index contributed by atoms with van der Waals surface area (Å²) in [6, 6.07) is 0.253. The number of hydrogen-bond acceptors (Lipinski definition) is 3. The van der Waals surface area contributed by atoms with E-state index in [2.05, 4.69) is 10.6 Å². The van der Waals surface area contributed by atoms with Gasteiger partial charge in [-0.3, -0.25) is 9.59 Å². The van der Waals surface area contributed by atoms with E-state index in [0.29, 0.717) is 24.7 Å². The molecular weight excluding hydrogens is 208 g/mol. The number of rotatable bonds is 3. The Morgan fingerprint density at radius 3 is 2.31 bits per heavy atom. The zero-order valence-electron chi connectivity index (χ0n) is 9.29. The third-order valence-corrected chi connectivity index (χ3v) is 4.10. The minimum Gasteiger partial charge on any atom is -0.381 e. The highest BCUT2D eigenvalue weighted by Crippen LogP contribution is 2.49. The van der Waals surface area contributed by atoms with Gasteiger partial charge in [0.1, 0.15) is 5.41 Å². The molecule has 3 aliphatic rings. The quantitative estimate of drug-likeness (QED) is 0.621. The van der Waals surface area contributed by atoms with Gasteiger partial charge >= 0.3 is 0 Å². The molecule has 5 heteroatoms. The van der Waals surface area contributed by atoms with Crippen molar-refractivity contribution < 1.29 is 14.3 Å². The average Bonchev–Trinajstić information content (AvgIpc) is 3.16. The zero-order chi connectivity index (χ0) is 11.3. The van der Waals surface area contributed by atoms with E-state index in [4.69, 9.17) is 4.74 Å². The van der Waals surface area contributed by atoms with Crippen LogP contribution in [0.15, 0.2) is 0 Å². The van der Waals surface area contributed by atoms with E-state index >= 15 is 0 Å². The summed E-state index contributed by atoms with van der Waals surface area (Å²) < 4.78 is 5.26. The molecule has 0 radical (unpaired) electrons. The first-order valence-corrected chi connectivity index (χ1v) is 5.80. The Kier molecular flexibility index (Phi) is 2.01. The maximum Gasteiger partial charge on any atom is 0.235 e. The van der Waals surface area contributed by atoms with E-state index in [0.717, 1.165) is 13.2 Å². The van der Waals surface area contributed by atoms with Gasteiger partial charge in [0.2, 0.25) is 11.8 Å². The van der Waals surface area contributed by atoms with Crippen LogP contribution in [-0.4, -0.2) is 38.1 Å². The Morgan fingerprint density at radius 1 is 1.19 bits per heavy atom. The topological polar surface area (TPSA) is 67.4 Å². The Hall–Kier alpha value is -1.10. The van der Waals surface area contributed by atoms with Crippen molar-refractivity contribution in [2.24, 2.45) is 17.3 Å². The molecule has 0 aromatic heterocycles. The molecule has 0 aromatic carbocycles. The van der Waals surface area contributed by atoms with Crippen LogP contribution in [-0.2, 0) is 14.3 Å². The fourth-order valence-electron chi connectivity index (χ4n) is 2.66. The van der Waals surface area contributed by atoms with E-state index in [1.807, 2.05) is 0 Å². The molecule has 3 rings (SSSR count). The van der Waals surface area contributed by atoms with Gasteiger partial charge in [-0.25, -0.2) is 0 Å². The van der Waals surface area contributed by atoms with Crippen molar-refractivity contribution in [2.45, 2.75) is 18.9 Å². The first-order valence-electron chi connectivity index (χ1n) is 5.80. The van der Waals surface area contributed by atoms with Crippen molar-refractivity contribution in [3.05, 3.63) is 0 Å². The summed E-state index contributed by atoms with van der Waals surface area (Å²) in [5.41, 5.74) is -0.757. The van der Waals surface area contributed by atoms with Gasteiger partial charge < -0.3 is 15.4 Å². The van der Waals surface area contributed by atoms with E-state index in [1.54, 1.807) is 7.05 Å². The summed E-state index contributed by atoms with van der Waals surface area (Å²) in [5.74, 6) is 0.743. The van der Waals surface area contributed by atoms with Crippen molar-refractivity contribution in [3.8, 4) is 0 Å². The van der Waals surface area contributed by atoms with Gasteiger partial charge in [-0.1, -0.05) is 0 Å². The second kappa shape index (κ2) is 3.20. The fourth-order valence-corrected chi connectivity index (χ4v) is 2.66. The van der Waals surface area contributed by atoms with Crippen LogP contribution in [0.1, 0.15) is 12.8 Å². The lowest BCUT2D eigenvalue weighted by molar-refractivity contribution is -0.137. The predicted molar refractivity (Wildman–Crippen MR) is 55.5 cm³/mol. The molecule has 2 amide bonds. The van der Waals surface area contributed by atoms with Crippen molar-refractivity contribution in [1.29, 1.82) is 0 Å². The number of hydrogen-bond donors (Lipinski definition) is 2. The van der Waals surface area contributed by atoms with E-state index in [9.17, 15) is 9.59 Å². The highest BCUT2D eigenvalue weighted by atomic mass is 16.5. The second-order valence-electron chi connectivity index (χ2n) is 5.03. The molecule has 3 fully saturated rings. The Bertz CT molecular complexity index is 341. The summed E-state index contributed by atoms with van der Waals surface area (Å²) in [6.07, 6.45) is 1.36. The highest BCUT2D eigenvalue weighted by molar-refractivity contribution is 6.07. The number of nitrogens with one attached hydrogen (secondary N) is 2. The molecule has 3 atom stereocenters. The van der Waals surface area contributed by atoms with E-state index in [1.165, 1.54) is 0 Å². The Labute approximate surface area is 93.9 Å². The lowest BCUT2D eigenvalue weighted by Crippen LogP contribution is -2.43. The molecule has 2 aliphatic carbocycles. The molecule has 1 saturated heterocycles. The average molecular weight is 224 g/mol. The van der Waals surface area contributed by atoms with Gasteiger partial charge in [-0.05, 0) is 12.8 Å². The maximum atomic E-state index is 12.0. The summed E-state index contributed by atoms with van der Waals surface area (Å²) in [6.45, 7) is 1.51. The van der Waals surface area contributed by atoms with Gasteiger partial charge in [0.15, 0.2) is 0 Å². The minimum absolute atomic E-state index is 0.0914. The van der Waals surface area contributed by atoms with Gasteiger partial charge in [-0.15, -0.1) is 0 Å². The summed E-state index contributed by atoms with van der Waals surface area (Å²) in [5, 5.41) is 5.56. The number of amides is 2. The first-order chi connectivity index (χ1) is 7.69. The lowest BCUT2D eigenvalue weighted by Gasteiger charge is -2.14. The number of carbonyl (C=O) groups excluding carboxylic acids is 2. The summed E-state index contributed by atoms with van der Waals surface area (Å²) in [7, 11) is 1.58. The van der Waals surface area contributed by atoms with Gasteiger partial charge in [0.25, 0.3) is 0 Å². The van der Waals surface area contributed by atoms with Crippen LogP contribution < -0.4 is 10.6 Å². The number of carbonyl (C=O) groups is 2. The molecule has 1 aliphatic heterocycles. The van der Waals surface area contributed by atoms with Crippen molar-refractivity contribution in [1.82, 2.24) is 10.6 Å². The van der Waals surface area contributed by atoms with Crippen LogP contribution in [0.3, 0.4) is 0 Å². The van der Waals surface area contributed by atoms with Crippen LogP contribution in [0.4, 0.5) is 0 Å². The lowest BCUT2D eigenvalue weighted by atomic mass is 10.1. The number of fused-ring (bicyclic) bond motifs is 1. The Morgan fingerprint density at radius 2 is 1.81 bits per heavy atom. The maximum absolute atomic E-state index is 12.0. The highest BCUT2D eigenvalue weighted by Gasteiger charge is 2.60. The molecule has 88 valence electrons. The van der Waals surface area contributed by atoms with Gasteiger partial charge in [-0.2, -0.15) is 0 Å². The molecular formula is C11H16N2O3. The SMILES string of the molecule is CNC(=O)C1(C(=O)NC2[C@H]3COC[C@@H]23)CC1. The van der Waals surface area contributed by atoms with Crippen LogP contribution in [0, 0.1) is 17.3 Å². The Balaban J connectivity index is 1.60. The largest absolute Gasteiger partial charge is 0.381 e. The second-order valence-corrected chi connectivity index (χ2v) is 5.03. The molecule has 2 saturated carbocycles. The van der Waals surface area contributed by atoms with Crippen molar-refractivity contribution >= 4 is 11.8 Å². The predicted octanol–water partition coefficient (Wildman–Crippen LogP) is -0.726. The van der Waals surface area contributed by atoms with Crippen molar-refractivity contribution in [2.75, 3.05) is 20.3 Å². The summed E-state index contributed by atoms with van der Waals surface area (Å²) in [4.78, 5) is 23.6.